The Morgan fingerprint density at radius 2 is 2.06 bits per heavy atom. The van der Waals surface area contributed by atoms with Crippen LogP contribution in [0.2, 0.25) is 0 Å². The zero-order chi connectivity index (χ0) is 12.1. The summed E-state index contributed by atoms with van der Waals surface area (Å²) in [7, 11) is 4.44. The average Bonchev–Trinajstić information content (AvgIpc) is 2.28. The first-order valence-electron chi connectivity index (χ1n) is 4.88. The van der Waals surface area contributed by atoms with E-state index in [0.29, 0.717) is 12.1 Å². The zero-order valence-electron chi connectivity index (χ0n) is 9.58. The molecule has 0 saturated carbocycles. The summed E-state index contributed by atoms with van der Waals surface area (Å²) in [4.78, 5) is 0. The van der Waals surface area contributed by atoms with E-state index in [-0.39, 0.29) is 11.5 Å². The van der Waals surface area contributed by atoms with Crippen molar-refractivity contribution in [3.8, 4) is 11.5 Å². The minimum absolute atomic E-state index is 0.0158. The molecule has 90 valence electrons. The molecule has 1 aromatic carbocycles. The molecule has 1 atom stereocenters. The molecule has 0 heterocycles. The second kappa shape index (κ2) is 5.67. The van der Waals surface area contributed by atoms with E-state index in [1.54, 1.807) is 13.1 Å². The first-order valence-corrected chi connectivity index (χ1v) is 4.88. The predicted molar refractivity (Wildman–Crippen MR) is 58.4 cm³/mol. The van der Waals surface area contributed by atoms with Gasteiger partial charge in [-0.15, -0.1) is 0 Å². The summed E-state index contributed by atoms with van der Waals surface area (Å²) >= 11 is 0. The second-order valence-electron chi connectivity index (χ2n) is 3.28. The number of hydrogen-bond donors (Lipinski definition) is 2. The average molecular weight is 229 g/mol. The lowest BCUT2D eigenvalue weighted by atomic mass is 10.1. The monoisotopic (exact) mass is 229 g/mol. The third-order valence-electron chi connectivity index (χ3n) is 2.27. The summed E-state index contributed by atoms with van der Waals surface area (Å²) in [6, 6.07) is 3.05. The predicted octanol–water partition coefficient (Wildman–Crippen LogP) is 1.10. The number of nitrogens with one attached hydrogen (secondary N) is 1. The van der Waals surface area contributed by atoms with Crippen LogP contribution in [0.3, 0.4) is 0 Å². The van der Waals surface area contributed by atoms with Gasteiger partial charge < -0.3 is 19.9 Å². The van der Waals surface area contributed by atoms with Crippen LogP contribution in [0.25, 0.3) is 0 Å². The normalized spacial score (nSPS) is 12.3. The van der Waals surface area contributed by atoms with Gasteiger partial charge in [-0.05, 0) is 19.2 Å². The highest BCUT2D eigenvalue weighted by atomic mass is 19.1. The highest BCUT2D eigenvalue weighted by Gasteiger charge is 2.19. The Morgan fingerprint density at radius 3 is 2.56 bits per heavy atom. The quantitative estimate of drug-likeness (QED) is 0.793. The van der Waals surface area contributed by atoms with Crippen molar-refractivity contribution in [3.05, 3.63) is 23.5 Å². The molecule has 4 nitrogen and oxygen atoms in total. The number of methoxy groups -OCH3 is 2. The van der Waals surface area contributed by atoms with Crippen LogP contribution >= 0.6 is 0 Å². The maximum absolute atomic E-state index is 13.8. The standard InChI is InChI=1S/C11H16FNO3/c1-13-6-8(14)7-4-5-9(15-2)10(12)11(7)16-3/h4-5,8,13-14H,6H2,1-3H3. The highest BCUT2D eigenvalue weighted by Crippen LogP contribution is 2.33. The lowest BCUT2D eigenvalue weighted by Crippen LogP contribution is -2.17. The molecule has 0 aromatic heterocycles. The molecule has 0 aliphatic heterocycles. The van der Waals surface area contributed by atoms with Crippen LogP contribution in [-0.2, 0) is 0 Å². The highest BCUT2D eigenvalue weighted by molar-refractivity contribution is 5.44. The molecule has 0 bridgehead atoms. The van der Waals surface area contributed by atoms with E-state index in [1.807, 2.05) is 0 Å². The van der Waals surface area contributed by atoms with Crippen LogP contribution in [0.4, 0.5) is 4.39 Å². The molecule has 2 N–H and O–H groups in total. The molecule has 0 aliphatic carbocycles. The van der Waals surface area contributed by atoms with Gasteiger partial charge in [0.25, 0.3) is 0 Å². The number of halogens is 1. The van der Waals surface area contributed by atoms with Crippen LogP contribution in [0.15, 0.2) is 12.1 Å². The Kier molecular flexibility index (Phi) is 4.52. The summed E-state index contributed by atoms with van der Waals surface area (Å²) in [5, 5.41) is 12.6. The molecule has 1 aromatic rings. The fraction of sp³-hybridized carbons (Fsp3) is 0.455. The smallest absolute Gasteiger partial charge is 0.207 e. The van der Waals surface area contributed by atoms with Gasteiger partial charge in [-0.1, -0.05) is 0 Å². The van der Waals surface area contributed by atoms with E-state index in [1.165, 1.54) is 20.3 Å². The Hall–Kier alpha value is -1.33. The van der Waals surface area contributed by atoms with Gasteiger partial charge in [-0.25, -0.2) is 0 Å². The third-order valence-corrected chi connectivity index (χ3v) is 2.27. The van der Waals surface area contributed by atoms with Gasteiger partial charge in [0.2, 0.25) is 5.82 Å². The van der Waals surface area contributed by atoms with E-state index < -0.39 is 11.9 Å². The molecule has 1 unspecified atom stereocenters. The summed E-state index contributed by atoms with van der Waals surface area (Å²) < 4.78 is 23.5. The lowest BCUT2D eigenvalue weighted by molar-refractivity contribution is 0.172. The van der Waals surface area contributed by atoms with E-state index >= 15 is 0 Å². The van der Waals surface area contributed by atoms with Crippen LogP contribution in [0.1, 0.15) is 11.7 Å². The molecule has 0 amide bonds. The Bertz CT molecular complexity index is 357. The zero-order valence-corrected chi connectivity index (χ0v) is 9.58. The largest absolute Gasteiger partial charge is 0.494 e. The minimum atomic E-state index is -0.819. The van der Waals surface area contributed by atoms with Crippen molar-refractivity contribution in [1.82, 2.24) is 5.32 Å². The number of ether oxygens (including phenoxy) is 2. The molecule has 0 aliphatic rings. The van der Waals surface area contributed by atoms with Crippen molar-refractivity contribution < 1.29 is 19.0 Å². The lowest BCUT2D eigenvalue weighted by Gasteiger charge is -2.16. The van der Waals surface area contributed by atoms with E-state index in [4.69, 9.17) is 9.47 Å². The number of hydrogen-bond acceptors (Lipinski definition) is 4. The number of aliphatic hydroxyl groups excluding tert-OH is 1. The van der Waals surface area contributed by atoms with Gasteiger partial charge in [0.1, 0.15) is 0 Å². The SMILES string of the molecule is CNCC(O)c1ccc(OC)c(F)c1OC. The Balaban J connectivity index is 3.14. The van der Waals surface area contributed by atoms with E-state index in [2.05, 4.69) is 5.32 Å². The molecule has 0 radical (unpaired) electrons. The van der Waals surface area contributed by atoms with Crippen molar-refractivity contribution >= 4 is 0 Å². The van der Waals surface area contributed by atoms with Crippen molar-refractivity contribution in [2.45, 2.75) is 6.10 Å². The van der Waals surface area contributed by atoms with Gasteiger partial charge in [-0.2, -0.15) is 4.39 Å². The summed E-state index contributed by atoms with van der Waals surface area (Å²) in [6.45, 7) is 0.322. The minimum Gasteiger partial charge on any atom is -0.494 e. The Morgan fingerprint density at radius 1 is 1.38 bits per heavy atom. The van der Waals surface area contributed by atoms with Gasteiger partial charge in [0, 0.05) is 12.1 Å². The van der Waals surface area contributed by atoms with Crippen LogP contribution in [-0.4, -0.2) is 32.9 Å². The number of likely N-dealkylation sites (N-methyl/N-ethyl adjacent to an activating group) is 1. The summed E-state index contributed by atoms with van der Waals surface area (Å²) in [5.41, 5.74) is 0.398. The fourth-order valence-electron chi connectivity index (χ4n) is 1.48. The molecule has 0 fully saturated rings. The van der Waals surface area contributed by atoms with Crippen LogP contribution < -0.4 is 14.8 Å². The van der Waals surface area contributed by atoms with Crippen molar-refractivity contribution in [1.29, 1.82) is 0 Å². The number of benzene rings is 1. The van der Waals surface area contributed by atoms with Gasteiger partial charge >= 0.3 is 0 Å². The van der Waals surface area contributed by atoms with Crippen molar-refractivity contribution in [2.24, 2.45) is 0 Å². The third kappa shape index (κ3) is 2.43. The second-order valence-corrected chi connectivity index (χ2v) is 3.28. The Labute approximate surface area is 94.0 Å². The van der Waals surface area contributed by atoms with Crippen molar-refractivity contribution in [3.63, 3.8) is 0 Å². The van der Waals surface area contributed by atoms with Gasteiger partial charge in [0.15, 0.2) is 11.5 Å². The van der Waals surface area contributed by atoms with E-state index in [0.717, 1.165) is 0 Å². The number of aliphatic hydroxyl groups is 1. The van der Waals surface area contributed by atoms with Gasteiger partial charge in [0.05, 0.1) is 20.3 Å². The molecule has 0 spiro atoms. The number of rotatable bonds is 5. The van der Waals surface area contributed by atoms with Gasteiger partial charge in [-0.3, -0.25) is 0 Å². The van der Waals surface area contributed by atoms with Crippen molar-refractivity contribution in [2.75, 3.05) is 27.8 Å². The molecule has 16 heavy (non-hydrogen) atoms. The maximum Gasteiger partial charge on any atom is 0.207 e. The first-order chi connectivity index (χ1) is 7.65. The van der Waals surface area contributed by atoms with E-state index in [9.17, 15) is 9.50 Å². The first kappa shape index (κ1) is 12.7. The summed E-state index contributed by atoms with van der Waals surface area (Å²) in [6.07, 6.45) is -0.819. The maximum atomic E-state index is 13.8. The molecule has 0 saturated heterocycles. The summed E-state index contributed by atoms with van der Waals surface area (Å²) in [5.74, 6) is -0.489. The molecular weight excluding hydrogens is 213 g/mol. The fourth-order valence-corrected chi connectivity index (χ4v) is 1.48. The molecule has 5 heteroatoms. The topological polar surface area (TPSA) is 50.7 Å². The van der Waals surface area contributed by atoms with Crippen LogP contribution in [0, 0.1) is 5.82 Å². The molecular formula is C11H16FNO3. The molecule has 1 rings (SSSR count). The van der Waals surface area contributed by atoms with Crippen LogP contribution in [0.5, 0.6) is 11.5 Å².